The zero-order valence-electron chi connectivity index (χ0n) is 30.8. The number of H-pyrrole nitrogens is 1. The van der Waals surface area contributed by atoms with E-state index in [0.717, 1.165) is 27.9 Å². The lowest BCUT2D eigenvalue weighted by Crippen LogP contribution is -2.53. The molecule has 0 bridgehead atoms. The maximum Gasteiger partial charge on any atom is 0.267 e. The third kappa shape index (κ3) is 6.40. The van der Waals surface area contributed by atoms with Crippen LogP contribution in [-0.4, -0.2) is 16.7 Å². The van der Waals surface area contributed by atoms with Gasteiger partial charge in [-0.05, 0) is 98.5 Å². The van der Waals surface area contributed by atoms with E-state index in [4.69, 9.17) is 4.98 Å². The van der Waals surface area contributed by atoms with Crippen molar-refractivity contribution in [2.24, 2.45) is 0 Å². The Hall–Kier alpha value is -7.23. The van der Waals surface area contributed by atoms with Crippen molar-refractivity contribution in [1.29, 1.82) is 0 Å². The van der Waals surface area contributed by atoms with Crippen molar-refractivity contribution in [3.8, 4) is 55.8 Å². The molecule has 56 heavy (non-hydrogen) atoms. The summed E-state index contributed by atoms with van der Waals surface area (Å²) in [6.07, 6.45) is 0. The van der Waals surface area contributed by atoms with Crippen LogP contribution in [0.2, 0.25) is 0 Å². The third-order valence-corrected chi connectivity index (χ3v) is 10.9. The van der Waals surface area contributed by atoms with E-state index in [1.54, 1.807) is 0 Å². The topological polar surface area (TPSA) is 28.7 Å². The summed E-state index contributed by atoms with van der Waals surface area (Å²) in [6, 6.07) is 78.3. The van der Waals surface area contributed by atoms with Gasteiger partial charge in [0, 0.05) is 33.0 Å². The minimum Gasteiger partial charge on any atom is -0.355 e. The fraction of sp³-hybridized carbons (Fsp3) is 0. The first-order chi connectivity index (χ1) is 27.7. The van der Waals surface area contributed by atoms with Crippen LogP contribution in [-0.2, 0) is 0 Å². The number of nitrogens with one attached hydrogen (secondary N) is 1. The van der Waals surface area contributed by atoms with Crippen LogP contribution in [0.4, 0.5) is 0 Å². The molecule has 3 heteroatoms. The van der Waals surface area contributed by atoms with E-state index >= 15 is 0 Å². The zero-order valence-corrected chi connectivity index (χ0v) is 30.8. The highest BCUT2D eigenvalue weighted by Gasteiger charge is 2.28. The molecule has 10 rings (SSSR count). The lowest BCUT2D eigenvalue weighted by Gasteiger charge is -2.18. The Balaban J connectivity index is 1.19. The van der Waals surface area contributed by atoms with Gasteiger partial charge in [-0.1, -0.05) is 175 Å². The number of aromatic nitrogens is 2. The first-order valence-corrected chi connectivity index (χ1v) is 19.2. The van der Waals surface area contributed by atoms with Crippen LogP contribution in [0.1, 0.15) is 0 Å². The van der Waals surface area contributed by atoms with Gasteiger partial charge in [0.05, 0.1) is 5.69 Å². The summed E-state index contributed by atoms with van der Waals surface area (Å²) < 4.78 is 0. The number of fused-ring (bicyclic) bond motifs is 3. The second-order valence-electron chi connectivity index (χ2n) is 14.4. The van der Waals surface area contributed by atoms with E-state index in [2.05, 4.69) is 223 Å². The van der Waals surface area contributed by atoms with Crippen molar-refractivity contribution in [3.05, 3.63) is 218 Å². The van der Waals surface area contributed by atoms with Crippen LogP contribution in [0.3, 0.4) is 0 Å². The molecule has 0 saturated heterocycles. The van der Waals surface area contributed by atoms with Crippen LogP contribution in [0.5, 0.6) is 0 Å². The van der Waals surface area contributed by atoms with Gasteiger partial charge in [0.15, 0.2) is 0 Å². The van der Waals surface area contributed by atoms with E-state index in [9.17, 15) is 0 Å². The Kier molecular flexibility index (Phi) is 8.66. The van der Waals surface area contributed by atoms with Crippen molar-refractivity contribution in [2.45, 2.75) is 0 Å². The molecule has 10 aromatic rings. The standard InChI is InChI=1S/C53H37BN2/c1-6-17-37(18-7-1)41-29-30-51-47(34-41)48-35-44(40-23-12-4-13-24-40)36-49(53(48)56-51)54(46-25-14-5-15-26-46)52-28-16-27-50(55-52)45-32-42(38-19-8-2-9-20-38)31-43(33-45)39-21-10-3-11-22-39/h1-36,56H. The van der Waals surface area contributed by atoms with Gasteiger partial charge in [-0.15, -0.1) is 0 Å². The molecule has 0 aliphatic rings. The van der Waals surface area contributed by atoms with Gasteiger partial charge in [-0.2, -0.15) is 0 Å². The third-order valence-electron chi connectivity index (χ3n) is 10.9. The summed E-state index contributed by atoms with van der Waals surface area (Å²) >= 11 is 0. The summed E-state index contributed by atoms with van der Waals surface area (Å²) in [5, 5.41) is 2.41. The summed E-state index contributed by atoms with van der Waals surface area (Å²) in [4.78, 5) is 9.46. The van der Waals surface area contributed by atoms with Crippen LogP contribution in [0.15, 0.2) is 218 Å². The summed E-state index contributed by atoms with van der Waals surface area (Å²) in [6.45, 7) is -0.144. The lowest BCUT2D eigenvalue weighted by atomic mass is 9.38. The normalized spacial score (nSPS) is 11.2. The molecule has 2 aromatic heterocycles. The molecular formula is C53H37BN2. The molecule has 0 saturated carbocycles. The number of hydrogen-bond acceptors (Lipinski definition) is 1. The van der Waals surface area contributed by atoms with Crippen molar-refractivity contribution in [1.82, 2.24) is 9.97 Å². The highest BCUT2D eigenvalue weighted by atomic mass is 14.7. The van der Waals surface area contributed by atoms with Crippen LogP contribution in [0, 0.1) is 0 Å². The Bertz CT molecular complexity index is 2880. The smallest absolute Gasteiger partial charge is 0.267 e. The quantitative estimate of drug-likeness (QED) is 0.156. The molecule has 8 aromatic carbocycles. The van der Waals surface area contributed by atoms with Crippen LogP contribution < -0.4 is 16.5 Å². The Labute approximate surface area is 327 Å². The fourth-order valence-corrected chi connectivity index (χ4v) is 8.16. The van der Waals surface area contributed by atoms with Crippen molar-refractivity contribution < 1.29 is 0 Å². The molecule has 0 fully saturated rings. The predicted octanol–water partition coefficient (Wildman–Crippen LogP) is 11.6. The highest BCUT2D eigenvalue weighted by molar-refractivity contribution is 6.96. The van der Waals surface area contributed by atoms with Gasteiger partial charge in [-0.25, -0.2) is 0 Å². The Morgan fingerprint density at radius 2 is 0.821 bits per heavy atom. The maximum atomic E-state index is 5.57. The monoisotopic (exact) mass is 712 g/mol. The molecule has 0 spiro atoms. The highest BCUT2D eigenvalue weighted by Crippen LogP contribution is 2.34. The van der Waals surface area contributed by atoms with Crippen molar-refractivity contribution in [2.75, 3.05) is 0 Å². The molecule has 1 N–H and O–H groups in total. The van der Waals surface area contributed by atoms with Crippen LogP contribution >= 0.6 is 0 Å². The molecular weight excluding hydrogens is 675 g/mol. The molecule has 0 atom stereocenters. The molecule has 0 amide bonds. The molecule has 2 heterocycles. The Morgan fingerprint density at radius 3 is 1.39 bits per heavy atom. The van der Waals surface area contributed by atoms with Gasteiger partial charge in [0.1, 0.15) is 0 Å². The second kappa shape index (κ2) is 14.5. The van der Waals surface area contributed by atoms with E-state index in [-0.39, 0.29) is 6.71 Å². The Morgan fingerprint density at radius 1 is 0.339 bits per heavy atom. The largest absolute Gasteiger partial charge is 0.355 e. The molecule has 0 unspecified atom stereocenters. The number of aromatic amines is 1. The number of rotatable bonds is 8. The fourth-order valence-electron chi connectivity index (χ4n) is 8.16. The minimum atomic E-state index is -0.144. The SMILES string of the molecule is c1ccc(B(c2cccc(-c3cc(-c4ccccc4)cc(-c4ccccc4)c3)n2)c2cc(-c3ccccc3)cc3c2[nH]c2ccc(-c4ccccc4)cc23)cc1. The predicted molar refractivity (Wildman–Crippen MR) is 238 cm³/mol. The number of nitrogens with zero attached hydrogens (tertiary/aromatic N) is 1. The molecule has 0 aliphatic heterocycles. The van der Waals surface area contributed by atoms with E-state index in [1.807, 2.05) is 0 Å². The molecule has 262 valence electrons. The minimum absolute atomic E-state index is 0.144. The van der Waals surface area contributed by atoms with Gasteiger partial charge >= 0.3 is 0 Å². The zero-order chi connectivity index (χ0) is 37.3. The molecule has 0 aliphatic carbocycles. The van der Waals surface area contributed by atoms with Gasteiger partial charge in [0.25, 0.3) is 6.71 Å². The van der Waals surface area contributed by atoms with E-state index < -0.39 is 0 Å². The van der Waals surface area contributed by atoms with Crippen LogP contribution in [0.25, 0.3) is 77.6 Å². The molecule has 0 radical (unpaired) electrons. The first kappa shape index (κ1) is 33.4. The van der Waals surface area contributed by atoms with Crippen molar-refractivity contribution >= 4 is 45.0 Å². The van der Waals surface area contributed by atoms with Gasteiger partial charge < -0.3 is 4.98 Å². The summed E-state index contributed by atoms with van der Waals surface area (Å²) in [5.41, 5.74) is 17.1. The average molecular weight is 713 g/mol. The maximum absolute atomic E-state index is 5.57. The number of hydrogen-bond donors (Lipinski definition) is 1. The van der Waals surface area contributed by atoms with E-state index in [1.165, 1.54) is 66.2 Å². The summed E-state index contributed by atoms with van der Waals surface area (Å²) in [5.74, 6) is 0. The number of pyridine rings is 1. The van der Waals surface area contributed by atoms with Crippen molar-refractivity contribution in [3.63, 3.8) is 0 Å². The number of benzene rings is 8. The first-order valence-electron chi connectivity index (χ1n) is 19.2. The summed E-state index contributed by atoms with van der Waals surface area (Å²) in [7, 11) is 0. The van der Waals surface area contributed by atoms with E-state index in [0.29, 0.717) is 0 Å². The molecule has 2 nitrogen and oxygen atoms in total. The second-order valence-corrected chi connectivity index (χ2v) is 14.4. The average Bonchev–Trinajstić information content (AvgIpc) is 3.66. The van der Waals surface area contributed by atoms with Gasteiger partial charge in [-0.3, -0.25) is 4.98 Å². The van der Waals surface area contributed by atoms with Gasteiger partial charge in [0.2, 0.25) is 0 Å². The lowest BCUT2D eigenvalue weighted by molar-refractivity contribution is 1.37.